The van der Waals surface area contributed by atoms with Gasteiger partial charge in [-0.3, -0.25) is 14.5 Å². The van der Waals surface area contributed by atoms with E-state index in [1.807, 2.05) is 6.92 Å². The van der Waals surface area contributed by atoms with Crippen molar-refractivity contribution in [3.63, 3.8) is 0 Å². The molecular formula is C14H18N2O4. The highest BCUT2D eigenvalue weighted by molar-refractivity contribution is 6.05. The van der Waals surface area contributed by atoms with E-state index in [2.05, 4.69) is 0 Å². The summed E-state index contributed by atoms with van der Waals surface area (Å²) in [5, 5.41) is 0. The molecule has 1 heterocycles. The molecule has 1 amide bonds. The van der Waals surface area contributed by atoms with E-state index in [0.29, 0.717) is 23.5 Å². The van der Waals surface area contributed by atoms with Crippen LogP contribution < -0.4 is 15.4 Å². The third-order valence-corrected chi connectivity index (χ3v) is 3.07. The van der Waals surface area contributed by atoms with E-state index < -0.39 is 12.1 Å². The monoisotopic (exact) mass is 278 g/mol. The van der Waals surface area contributed by atoms with Gasteiger partial charge in [0, 0.05) is 0 Å². The summed E-state index contributed by atoms with van der Waals surface area (Å²) in [6, 6.07) is 5.15. The molecule has 1 aliphatic heterocycles. The molecule has 0 saturated carbocycles. The molecule has 0 saturated heterocycles. The predicted octanol–water partition coefficient (Wildman–Crippen LogP) is 1.34. The number of nitrogens with zero attached hydrogens (tertiary/aromatic N) is 1. The largest absolute Gasteiger partial charge is 0.478 e. The van der Waals surface area contributed by atoms with Crippen LogP contribution in [0.25, 0.3) is 0 Å². The number of ether oxygens (including phenoxy) is 2. The molecule has 2 rings (SSSR count). The van der Waals surface area contributed by atoms with E-state index in [-0.39, 0.29) is 19.1 Å². The number of rotatable bonds is 4. The number of hydrogen-bond donors (Lipinski definition) is 1. The summed E-state index contributed by atoms with van der Waals surface area (Å²) < 4.78 is 10.5. The van der Waals surface area contributed by atoms with Crippen molar-refractivity contribution in [1.82, 2.24) is 0 Å². The van der Waals surface area contributed by atoms with Crippen LogP contribution in [0.5, 0.6) is 5.75 Å². The maximum Gasteiger partial charge on any atom is 0.326 e. The zero-order chi connectivity index (χ0) is 14.7. The molecule has 1 aromatic rings. The number of hydrogen-bond acceptors (Lipinski definition) is 5. The molecule has 1 unspecified atom stereocenters. The molecular weight excluding hydrogens is 260 g/mol. The second-order valence-electron chi connectivity index (χ2n) is 4.44. The number of fused-ring (bicyclic) bond motifs is 1. The SMILES string of the molecule is CCOC(=O)CN1C(=O)C(CC)Oc2cccc(N)c21. The topological polar surface area (TPSA) is 81.9 Å². The smallest absolute Gasteiger partial charge is 0.326 e. The van der Waals surface area contributed by atoms with Gasteiger partial charge in [-0.05, 0) is 25.5 Å². The molecule has 6 nitrogen and oxygen atoms in total. The standard InChI is InChI=1S/C14H18N2O4/c1-3-10-14(18)16(8-12(17)19-4-2)13-9(15)6-5-7-11(13)20-10/h5-7,10H,3-4,8,15H2,1-2H3. The molecule has 108 valence electrons. The summed E-state index contributed by atoms with van der Waals surface area (Å²) in [5.41, 5.74) is 6.74. The van der Waals surface area contributed by atoms with Crippen molar-refractivity contribution in [2.75, 3.05) is 23.8 Å². The highest BCUT2D eigenvalue weighted by Crippen LogP contribution is 2.39. The van der Waals surface area contributed by atoms with Crippen LogP contribution in [0.2, 0.25) is 0 Å². The maximum absolute atomic E-state index is 12.3. The summed E-state index contributed by atoms with van der Waals surface area (Å²) in [4.78, 5) is 25.4. The first-order chi connectivity index (χ1) is 9.58. The van der Waals surface area contributed by atoms with Crippen molar-refractivity contribution < 1.29 is 19.1 Å². The van der Waals surface area contributed by atoms with Gasteiger partial charge in [0.2, 0.25) is 0 Å². The lowest BCUT2D eigenvalue weighted by atomic mass is 10.1. The summed E-state index contributed by atoms with van der Waals surface area (Å²) in [7, 11) is 0. The van der Waals surface area contributed by atoms with E-state index >= 15 is 0 Å². The first-order valence-corrected chi connectivity index (χ1v) is 6.60. The number of amides is 1. The summed E-state index contributed by atoms with van der Waals surface area (Å²) in [6.45, 7) is 3.68. The average Bonchev–Trinajstić information content (AvgIpc) is 2.42. The van der Waals surface area contributed by atoms with Gasteiger partial charge in [0.15, 0.2) is 6.10 Å². The summed E-state index contributed by atoms with van der Waals surface area (Å²) in [6.07, 6.45) is -0.0782. The van der Waals surface area contributed by atoms with Crippen molar-refractivity contribution >= 4 is 23.3 Å². The Kier molecular flexibility index (Phi) is 4.12. The lowest BCUT2D eigenvalue weighted by Gasteiger charge is -2.34. The van der Waals surface area contributed by atoms with E-state index in [0.717, 1.165) is 0 Å². The molecule has 0 aromatic heterocycles. The lowest BCUT2D eigenvalue weighted by Crippen LogP contribution is -2.48. The van der Waals surface area contributed by atoms with Crippen LogP contribution in [-0.2, 0) is 14.3 Å². The van der Waals surface area contributed by atoms with Crippen molar-refractivity contribution in [1.29, 1.82) is 0 Å². The van der Waals surface area contributed by atoms with Gasteiger partial charge in [0.25, 0.3) is 5.91 Å². The Morgan fingerprint density at radius 2 is 2.20 bits per heavy atom. The van der Waals surface area contributed by atoms with Gasteiger partial charge < -0.3 is 15.2 Å². The fourth-order valence-electron chi connectivity index (χ4n) is 2.16. The van der Waals surface area contributed by atoms with Crippen LogP contribution in [0, 0.1) is 0 Å². The van der Waals surface area contributed by atoms with Gasteiger partial charge in [0.1, 0.15) is 18.0 Å². The third kappa shape index (κ3) is 2.54. The summed E-state index contributed by atoms with van der Waals surface area (Å²) in [5.74, 6) is -0.224. The minimum absolute atomic E-state index is 0.159. The van der Waals surface area contributed by atoms with Crippen LogP contribution in [-0.4, -0.2) is 31.1 Å². The van der Waals surface area contributed by atoms with Gasteiger partial charge >= 0.3 is 5.97 Å². The van der Waals surface area contributed by atoms with Crippen molar-refractivity contribution in [3.05, 3.63) is 18.2 Å². The Morgan fingerprint density at radius 3 is 2.85 bits per heavy atom. The second-order valence-corrected chi connectivity index (χ2v) is 4.44. The predicted molar refractivity (Wildman–Crippen MR) is 74.5 cm³/mol. The Morgan fingerprint density at radius 1 is 1.45 bits per heavy atom. The number of para-hydroxylation sites is 1. The van der Waals surface area contributed by atoms with Crippen LogP contribution in [0.4, 0.5) is 11.4 Å². The molecule has 1 aromatic carbocycles. The molecule has 1 atom stereocenters. The molecule has 2 N–H and O–H groups in total. The van der Waals surface area contributed by atoms with Gasteiger partial charge in [0.05, 0.1) is 12.3 Å². The van der Waals surface area contributed by atoms with Gasteiger partial charge in [-0.15, -0.1) is 0 Å². The van der Waals surface area contributed by atoms with Crippen molar-refractivity contribution in [2.45, 2.75) is 26.4 Å². The fourth-order valence-corrected chi connectivity index (χ4v) is 2.16. The van der Waals surface area contributed by atoms with E-state index in [9.17, 15) is 9.59 Å². The number of esters is 1. The maximum atomic E-state index is 12.3. The highest BCUT2D eigenvalue weighted by Gasteiger charge is 2.35. The minimum atomic E-state index is -0.598. The van der Waals surface area contributed by atoms with Crippen molar-refractivity contribution in [2.24, 2.45) is 0 Å². The van der Waals surface area contributed by atoms with Gasteiger partial charge in [-0.25, -0.2) is 0 Å². The molecule has 0 aliphatic carbocycles. The first-order valence-electron chi connectivity index (χ1n) is 6.60. The molecule has 6 heteroatoms. The van der Waals surface area contributed by atoms with Gasteiger partial charge in [-0.2, -0.15) is 0 Å². The van der Waals surface area contributed by atoms with E-state index in [4.69, 9.17) is 15.2 Å². The Labute approximate surface area is 117 Å². The number of carbonyl (C=O) groups is 2. The van der Waals surface area contributed by atoms with Crippen LogP contribution in [0.1, 0.15) is 20.3 Å². The Balaban J connectivity index is 2.37. The number of nitrogen functional groups attached to an aromatic ring is 1. The van der Waals surface area contributed by atoms with E-state index in [1.54, 1.807) is 25.1 Å². The molecule has 0 fully saturated rings. The van der Waals surface area contributed by atoms with E-state index in [1.165, 1.54) is 4.90 Å². The number of benzene rings is 1. The Hall–Kier alpha value is -2.24. The summed E-state index contributed by atoms with van der Waals surface area (Å²) >= 11 is 0. The minimum Gasteiger partial charge on any atom is -0.478 e. The number of anilines is 2. The molecule has 20 heavy (non-hydrogen) atoms. The first kappa shape index (κ1) is 14.2. The zero-order valence-corrected chi connectivity index (χ0v) is 11.6. The number of nitrogens with two attached hydrogens (primary N) is 1. The lowest BCUT2D eigenvalue weighted by molar-refractivity contribution is -0.143. The van der Waals surface area contributed by atoms with Crippen LogP contribution in [0.3, 0.4) is 0 Å². The molecule has 0 spiro atoms. The second kappa shape index (κ2) is 5.81. The van der Waals surface area contributed by atoms with Crippen molar-refractivity contribution in [3.8, 4) is 5.75 Å². The fraction of sp³-hybridized carbons (Fsp3) is 0.429. The van der Waals surface area contributed by atoms with Gasteiger partial charge in [-0.1, -0.05) is 13.0 Å². The highest BCUT2D eigenvalue weighted by atomic mass is 16.5. The quantitative estimate of drug-likeness (QED) is 0.664. The normalized spacial score (nSPS) is 17.4. The number of carbonyl (C=O) groups excluding carboxylic acids is 2. The Bertz CT molecular complexity index is 530. The van der Waals surface area contributed by atoms with Crippen LogP contribution in [0.15, 0.2) is 18.2 Å². The van der Waals surface area contributed by atoms with Crippen LogP contribution >= 0.6 is 0 Å². The third-order valence-electron chi connectivity index (χ3n) is 3.07. The zero-order valence-electron chi connectivity index (χ0n) is 11.6. The molecule has 0 bridgehead atoms. The molecule has 0 radical (unpaired) electrons. The molecule has 1 aliphatic rings. The average molecular weight is 278 g/mol.